The quantitative estimate of drug-likeness (QED) is 0.690. The minimum Gasteiger partial charge on any atom is -0.497 e. The van der Waals surface area contributed by atoms with Crippen molar-refractivity contribution in [3.8, 4) is 11.5 Å². The van der Waals surface area contributed by atoms with Gasteiger partial charge in [0.2, 0.25) is 0 Å². The van der Waals surface area contributed by atoms with Gasteiger partial charge in [0.15, 0.2) is 5.78 Å². The van der Waals surface area contributed by atoms with Crippen LogP contribution in [0.1, 0.15) is 24.2 Å². The Kier molecular flexibility index (Phi) is 3.51. The summed E-state index contributed by atoms with van der Waals surface area (Å²) in [5.74, 6) is 1.27. The van der Waals surface area contributed by atoms with Crippen molar-refractivity contribution in [2.24, 2.45) is 0 Å². The highest BCUT2D eigenvalue weighted by atomic mass is 16.5. The molecular formula is C11H14O3. The van der Waals surface area contributed by atoms with E-state index < -0.39 is 0 Å². The minimum atomic E-state index is -0.00361. The fourth-order valence-electron chi connectivity index (χ4n) is 1.20. The van der Waals surface area contributed by atoms with Crippen LogP contribution in [-0.2, 0) is 0 Å². The molecule has 14 heavy (non-hydrogen) atoms. The molecule has 0 N–H and O–H groups in total. The van der Waals surface area contributed by atoms with Gasteiger partial charge in [-0.15, -0.1) is 0 Å². The van der Waals surface area contributed by atoms with Gasteiger partial charge in [-0.1, -0.05) is 0 Å². The largest absolute Gasteiger partial charge is 0.497 e. The lowest BCUT2D eigenvalue weighted by Gasteiger charge is -2.09. The summed E-state index contributed by atoms with van der Waals surface area (Å²) in [4.78, 5) is 11.2. The number of hydrogen-bond donors (Lipinski definition) is 0. The second-order valence-corrected chi connectivity index (χ2v) is 2.85. The number of rotatable bonds is 4. The van der Waals surface area contributed by atoms with E-state index >= 15 is 0 Å². The Hall–Kier alpha value is -1.51. The van der Waals surface area contributed by atoms with Gasteiger partial charge in [0.1, 0.15) is 11.5 Å². The lowest BCUT2D eigenvalue weighted by atomic mass is 10.1. The fraction of sp³-hybridized carbons (Fsp3) is 0.364. The summed E-state index contributed by atoms with van der Waals surface area (Å²) in [5.41, 5.74) is 0.590. The van der Waals surface area contributed by atoms with E-state index in [4.69, 9.17) is 9.47 Å². The van der Waals surface area contributed by atoms with Crippen LogP contribution in [0, 0.1) is 0 Å². The SMILES string of the molecule is CCOc1cc(OC)ccc1C(C)=O. The Morgan fingerprint density at radius 1 is 1.43 bits per heavy atom. The van der Waals surface area contributed by atoms with Crippen LogP contribution in [-0.4, -0.2) is 19.5 Å². The number of hydrogen-bond acceptors (Lipinski definition) is 3. The normalized spacial score (nSPS) is 9.64. The van der Waals surface area contributed by atoms with E-state index in [0.29, 0.717) is 23.7 Å². The van der Waals surface area contributed by atoms with E-state index in [2.05, 4.69) is 0 Å². The highest BCUT2D eigenvalue weighted by Gasteiger charge is 2.08. The van der Waals surface area contributed by atoms with Crippen LogP contribution in [0.15, 0.2) is 18.2 Å². The zero-order chi connectivity index (χ0) is 10.6. The molecule has 1 aromatic rings. The maximum Gasteiger partial charge on any atom is 0.163 e. The van der Waals surface area contributed by atoms with Crippen molar-refractivity contribution in [1.82, 2.24) is 0 Å². The monoisotopic (exact) mass is 194 g/mol. The second kappa shape index (κ2) is 4.65. The number of Topliss-reactive ketones (excluding diaryl/α,β-unsaturated/α-hetero) is 1. The molecule has 0 heterocycles. The second-order valence-electron chi connectivity index (χ2n) is 2.85. The molecule has 3 heteroatoms. The molecule has 0 aliphatic heterocycles. The first-order valence-electron chi connectivity index (χ1n) is 4.50. The first kappa shape index (κ1) is 10.6. The highest BCUT2D eigenvalue weighted by Crippen LogP contribution is 2.25. The van der Waals surface area contributed by atoms with Crippen LogP contribution in [0.5, 0.6) is 11.5 Å². The minimum absolute atomic E-state index is 0.00361. The Morgan fingerprint density at radius 2 is 2.14 bits per heavy atom. The van der Waals surface area contributed by atoms with Crippen molar-refractivity contribution in [1.29, 1.82) is 0 Å². The number of carbonyl (C=O) groups excluding carboxylic acids is 1. The van der Waals surface area contributed by atoms with E-state index in [0.717, 1.165) is 0 Å². The first-order chi connectivity index (χ1) is 6.69. The zero-order valence-corrected chi connectivity index (χ0v) is 8.66. The third-order valence-corrected chi connectivity index (χ3v) is 1.87. The molecule has 76 valence electrons. The Bertz CT molecular complexity index is 331. The molecule has 0 fully saturated rings. The van der Waals surface area contributed by atoms with Crippen LogP contribution in [0.25, 0.3) is 0 Å². The molecule has 0 radical (unpaired) electrons. The van der Waals surface area contributed by atoms with Gasteiger partial charge in [-0.25, -0.2) is 0 Å². The standard InChI is InChI=1S/C11H14O3/c1-4-14-11-7-9(13-3)5-6-10(11)8(2)12/h5-7H,4H2,1-3H3. The summed E-state index contributed by atoms with van der Waals surface area (Å²) in [6.45, 7) is 3.93. The van der Waals surface area contributed by atoms with Gasteiger partial charge in [-0.05, 0) is 26.0 Å². The van der Waals surface area contributed by atoms with Gasteiger partial charge < -0.3 is 9.47 Å². The van der Waals surface area contributed by atoms with E-state index in [-0.39, 0.29) is 5.78 Å². The van der Waals surface area contributed by atoms with Gasteiger partial charge >= 0.3 is 0 Å². The van der Waals surface area contributed by atoms with Crippen molar-refractivity contribution < 1.29 is 14.3 Å². The summed E-state index contributed by atoms with van der Waals surface area (Å²) in [7, 11) is 1.58. The highest BCUT2D eigenvalue weighted by molar-refractivity contribution is 5.97. The molecular weight excluding hydrogens is 180 g/mol. The molecule has 0 aliphatic carbocycles. The zero-order valence-electron chi connectivity index (χ0n) is 8.66. The third-order valence-electron chi connectivity index (χ3n) is 1.87. The molecule has 0 saturated carbocycles. The predicted octanol–water partition coefficient (Wildman–Crippen LogP) is 2.30. The van der Waals surface area contributed by atoms with Gasteiger partial charge in [0.05, 0.1) is 19.3 Å². The van der Waals surface area contributed by atoms with Crippen LogP contribution in [0.4, 0.5) is 0 Å². The number of carbonyl (C=O) groups is 1. The topological polar surface area (TPSA) is 35.5 Å². The molecule has 1 aromatic carbocycles. The van der Waals surface area contributed by atoms with Gasteiger partial charge in [-0.2, -0.15) is 0 Å². The summed E-state index contributed by atoms with van der Waals surface area (Å²) in [6.07, 6.45) is 0. The first-order valence-corrected chi connectivity index (χ1v) is 4.50. The lowest BCUT2D eigenvalue weighted by molar-refractivity contribution is 0.101. The molecule has 0 bridgehead atoms. The Balaban J connectivity index is 3.10. The van der Waals surface area contributed by atoms with Crippen molar-refractivity contribution in [2.75, 3.05) is 13.7 Å². The lowest BCUT2D eigenvalue weighted by Crippen LogP contribution is -2.00. The molecule has 0 aromatic heterocycles. The molecule has 0 atom stereocenters. The smallest absolute Gasteiger partial charge is 0.163 e. The van der Waals surface area contributed by atoms with Gasteiger partial charge in [0.25, 0.3) is 0 Å². The van der Waals surface area contributed by atoms with E-state index in [1.54, 1.807) is 25.3 Å². The number of methoxy groups -OCH3 is 1. The summed E-state index contributed by atoms with van der Waals surface area (Å²) >= 11 is 0. The average Bonchev–Trinajstić information content (AvgIpc) is 2.17. The Morgan fingerprint density at radius 3 is 2.64 bits per heavy atom. The number of ether oxygens (including phenoxy) is 2. The molecule has 0 spiro atoms. The van der Waals surface area contributed by atoms with Crippen LogP contribution < -0.4 is 9.47 Å². The number of benzene rings is 1. The molecule has 0 aliphatic rings. The van der Waals surface area contributed by atoms with E-state index in [1.165, 1.54) is 6.92 Å². The maximum absolute atomic E-state index is 11.2. The Labute approximate surface area is 83.6 Å². The molecule has 3 nitrogen and oxygen atoms in total. The fourth-order valence-corrected chi connectivity index (χ4v) is 1.20. The van der Waals surface area contributed by atoms with Gasteiger partial charge in [0, 0.05) is 6.07 Å². The van der Waals surface area contributed by atoms with E-state index in [9.17, 15) is 4.79 Å². The number of ketones is 1. The molecule has 0 saturated heterocycles. The van der Waals surface area contributed by atoms with E-state index in [1.807, 2.05) is 6.92 Å². The maximum atomic E-state index is 11.2. The van der Waals surface area contributed by atoms with Crippen LogP contribution in [0.3, 0.4) is 0 Å². The molecule has 1 rings (SSSR count). The van der Waals surface area contributed by atoms with Crippen molar-refractivity contribution >= 4 is 5.78 Å². The van der Waals surface area contributed by atoms with Crippen molar-refractivity contribution in [3.63, 3.8) is 0 Å². The van der Waals surface area contributed by atoms with Crippen LogP contribution in [0.2, 0.25) is 0 Å². The van der Waals surface area contributed by atoms with Gasteiger partial charge in [-0.3, -0.25) is 4.79 Å². The van der Waals surface area contributed by atoms with Crippen LogP contribution >= 0.6 is 0 Å². The average molecular weight is 194 g/mol. The van der Waals surface area contributed by atoms with Crippen molar-refractivity contribution in [3.05, 3.63) is 23.8 Å². The summed E-state index contributed by atoms with van der Waals surface area (Å²) < 4.78 is 10.4. The summed E-state index contributed by atoms with van der Waals surface area (Å²) in [6, 6.07) is 5.19. The molecule has 0 amide bonds. The molecule has 0 unspecified atom stereocenters. The van der Waals surface area contributed by atoms with Crippen molar-refractivity contribution in [2.45, 2.75) is 13.8 Å². The summed E-state index contributed by atoms with van der Waals surface area (Å²) in [5, 5.41) is 0. The predicted molar refractivity (Wildman–Crippen MR) is 54.2 cm³/mol. The third kappa shape index (κ3) is 2.25.